The number of carboxylic acids is 1. The van der Waals surface area contributed by atoms with E-state index in [1.165, 1.54) is 0 Å². The van der Waals surface area contributed by atoms with Crippen LogP contribution in [0.15, 0.2) is 12.1 Å². The summed E-state index contributed by atoms with van der Waals surface area (Å²) in [6.45, 7) is 6.05. The van der Waals surface area contributed by atoms with Gasteiger partial charge in [-0.05, 0) is 39.3 Å². The molecule has 2 rings (SSSR count). The van der Waals surface area contributed by atoms with Gasteiger partial charge in [0.05, 0.1) is 5.56 Å². The average molecular weight is 439 g/mol. The topological polar surface area (TPSA) is 88.1 Å². The van der Waals surface area contributed by atoms with Crippen molar-refractivity contribution in [3.63, 3.8) is 0 Å². The second kappa shape index (κ2) is 8.66. The van der Waals surface area contributed by atoms with Crippen LogP contribution in [-0.4, -0.2) is 53.2 Å². The summed E-state index contributed by atoms with van der Waals surface area (Å²) in [7, 11) is 0. The molecule has 1 aliphatic rings. The van der Waals surface area contributed by atoms with Gasteiger partial charge in [-0.1, -0.05) is 11.6 Å². The predicted octanol–water partition coefficient (Wildman–Crippen LogP) is 4.04. The van der Waals surface area contributed by atoms with Crippen LogP contribution in [0.5, 0.6) is 5.75 Å². The van der Waals surface area contributed by atoms with Crippen molar-refractivity contribution in [2.24, 2.45) is 0 Å². The van der Waals surface area contributed by atoms with Crippen molar-refractivity contribution in [2.75, 3.05) is 13.1 Å². The van der Waals surface area contributed by atoms with E-state index in [-0.39, 0.29) is 23.2 Å². The lowest BCUT2D eigenvalue weighted by molar-refractivity contribution is -0.275. The van der Waals surface area contributed by atoms with Crippen molar-refractivity contribution < 1.29 is 37.3 Å². The normalized spacial score (nSPS) is 17.8. The molecule has 1 aliphatic heterocycles. The van der Waals surface area contributed by atoms with Gasteiger partial charge in [-0.15, -0.1) is 13.2 Å². The highest BCUT2D eigenvalue weighted by molar-refractivity contribution is 6.32. The van der Waals surface area contributed by atoms with Crippen molar-refractivity contribution in [3.8, 4) is 5.75 Å². The van der Waals surface area contributed by atoms with Gasteiger partial charge in [0.1, 0.15) is 11.4 Å². The number of carbonyl (C=O) groups excluding carboxylic acids is 1. The lowest BCUT2D eigenvalue weighted by Gasteiger charge is -2.22. The number of nitrogens with one attached hydrogen (secondary N) is 1. The Hall–Kier alpha value is -2.20. The van der Waals surface area contributed by atoms with Crippen LogP contribution in [0.1, 0.15) is 43.1 Å². The molecule has 1 unspecified atom stereocenters. The first kappa shape index (κ1) is 23.1. The molecule has 1 aromatic rings. The molecule has 2 N–H and O–H groups in total. The Morgan fingerprint density at radius 2 is 1.97 bits per heavy atom. The maximum absolute atomic E-state index is 12.8. The smallest absolute Gasteiger partial charge is 0.478 e. The molecule has 0 aromatic heterocycles. The van der Waals surface area contributed by atoms with Crippen molar-refractivity contribution >= 4 is 23.7 Å². The summed E-state index contributed by atoms with van der Waals surface area (Å²) < 4.78 is 47.4. The largest absolute Gasteiger partial charge is 0.573 e. The number of halogens is 4. The number of likely N-dealkylation sites (tertiary alicyclic amines) is 1. The standard InChI is InChI=1S/C18H22ClF3N2O5/c1-17(2,3)29-16(27)23-11-4-5-24(8-11)9-12-13(19)6-10(15(25)26)7-14(12)28-18(20,21)22/h6-7,11H,4-5,8-9H2,1-3H3,(H,23,27)(H,25,26). The number of hydrogen-bond donors (Lipinski definition) is 2. The maximum Gasteiger partial charge on any atom is 0.573 e. The fourth-order valence-electron chi connectivity index (χ4n) is 2.90. The summed E-state index contributed by atoms with van der Waals surface area (Å²) in [5.74, 6) is -2.08. The van der Waals surface area contributed by atoms with Gasteiger partial charge >= 0.3 is 18.4 Å². The Kier molecular flexibility index (Phi) is 6.89. The van der Waals surface area contributed by atoms with Gasteiger partial charge in [0.15, 0.2) is 0 Å². The van der Waals surface area contributed by atoms with Crippen molar-refractivity contribution in [1.82, 2.24) is 10.2 Å². The summed E-state index contributed by atoms with van der Waals surface area (Å²) in [6.07, 6.45) is -5.00. The van der Waals surface area contributed by atoms with E-state index in [4.69, 9.17) is 21.4 Å². The highest BCUT2D eigenvalue weighted by Gasteiger charge is 2.34. The van der Waals surface area contributed by atoms with E-state index in [1.54, 1.807) is 25.7 Å². The molecule has 1 saturated heterocycles. The first-order valence-corrected chi connectivity index (χ1v) is 9.14. The Morgan fingerprint density at radius 3 is 2.52 bits per heavy atom. The van der Waals surface area contributed by atoms with E-state index in [0.717, 1.165) is 12.1 Å². The summed E-state index contributed by atoms with van der Waals surface area (Å²) in [5.41, 5.74) is -1.04. The van der Waals surface area contributed by atoms with Crippen LogP contribution in [0.3, 0.4) is 0 Å². The van der Waals surface area contributed by atoms with E-state index in [0.29, 0.717) is 19.5 Å². The number of amides is 1. The van der Waals surface area contributed by atoms with Crippen molar-refractivity contribution in [1.29, 1.82) is 0 Å². The van der Waals surface area contributed by atoms with Crippen LogP contribution in [0.2, 0.25) is 5.02 Å². The minimum absolute atomic E-state index is 0.00333. The molecule has 0 bridgehead atoms. The highest BCUT2D eigenvalue weighted by Crippen LogP contribution is 2.34. The van der Waals surface area contributed by atoms with Gasteiger partial charge < -0.3 is 19.9 Å². The van der Waals surface area contributed by atoms with Crippen LogP contribution in [0, 0.1) is 0 Å². The van der Waals surface area contributed by atoms with Crippen LogP contribution < -0.4 is 10.1 Å². The minimum Gasteiger partial charge on any atom is -0.478 e. The Morgan fingerprint density at radius 1 is 1.31 bits per heavy atom. The maximum atomic E-state index is 12.8. The summed E-state index contributed by atoms with van der Waals surface area (Å²) in [5, 5.41) is 11.6. The molecule has 0 saturated carbocycles. The molecule has 1 aromatic carbocycles. The summed E-state index contributed by atoms with van der Waals surface area (Å²) in [6, 6.07) is 1.63. The number of ether oxygens (including phenoxy) is 2. The molecule has 1 atom stereocenters. The van der Waals surface area contributed by atoms with E-state index in [2.05, 4.69) is 10.1 Å². The Labute approximate surface area is 170 Å². The number of nitrogens with zero attached hydrogens (tertiary/aromatic N) is 1. The van der Waals surface area contributed by atoms with Crippen LogP contribution in [0.25, 0.3) is 0 Å². The number of carboxylic acid groups (broad SMARTS) is 1. The molecular formula is C18H22ClF3N2O5. The molecule has 29 heavy (non-hydrogen) atoms. The number of aromatic carboxylic acids is 1. The minimum atomic E-state index is -5.00. The van der Waals surface area contributed by atoms with Gasteiger partial charge in [-0.3, -0.25) is 4.90 Å². The molecule has 1 amide bonds. The van der Waals surface area contributed by atoms with Crippen molar-refractivity contribution in [3.05, 3.63) is 28.3 Å². The van der Waals surface area contributed by atoms with Gasteiger partial charge in [0.2, 0.25) is 0 Å². The third-order valence-corrected chi connectivity index (χ3v) is 4.34. The van der Waals surface area contributed by atoms with Crippen LogP contribution in [-0.2, 0) is 11.3 Å². The fourth-order valence-corrected chi connectivity index (χ4v) is 3.17. The molecule has 11 heteroatoms. The molecule has 0 spiro atoms. The number of alkyl halides is 3. The zero-order valence-corrected chi connectivity index (χ0v) is 16.9. The van der Waals surface area contributed by atoms with Crippen molar-refractivity contribution in [2.45, 2.75) is 51.7 Å². The summed E-state index contributed by atoms with van der Waals surface area (Å²) in [4.78, 5) is 24.8. The number of hydrogen-bond acceptors (Lipinski definition) is 5. The molecule has 7 nitrogen and oxygen atoms in total. The molecule has 0 radical (unpaired) electrons. The van der Waals surface area contributed by atoms with Gasteiger partial charge in [0, 0.05) is 36.3 Å². The average Bonchev–Trinajstić information content (AvgIpc) is 2.93. The quantitative estimate of drug-likeness (QED) is 0.721. The lowest BCUT2D eigenvalue weighted by Crippen LogP contribution is -2.40. The molecule has 1 fully saturated rings. The monoisotopic (exact) mass is 438 g/mol. The van der Waals surface area contributed by atoms with Gasteiger partial charge in [0.25, 0.3) is 0 Å². The highest BCUT2D eigenvalue weighted by atomic mass is 35.5. The second-order valence-electron chi connectivity index (χ2n) is 7.65. The molecule has 0 aliphatic carbocycles. The van der Waals surface area contributed by atoms with Gasteiger partial charge in [-0.25, -0.2) is 9.59 Å². The third kappa shape index (κ3) is 7.28. The van der Waals surface area contributed by atoms with E-state index >= 15 is 0 Å². The number of alkyl carbamates (subject to hydrolysis) is 1. The predicted molar refractivity (Wildman–Crippen MR) is 98.1 cm³/mol. The second-order valence-corrected chi connectivity index (χ2v) is 8.06. The number of rotatable bonds is 5. The summed E-state index contributed by atoms with van der Waals surface area (Å²) >= 11 is 6.05. The number of benzene rings is 1. The fraction of sp³-hybridized carbons (Fsp3) is 0.556. The van der Waals surface area contributed by atoms with E-state index in [9.17, 15) is 22.8 Å². The van der Waals surface area contributed by atoms with Gasteiger partial charge in [-0.2, -0.15) is 0 Å². The molecule has 1 heterocycles. The Balaban J connectivity index is 2.11. The van der Waals surface area contributed by atoms with E-state index in [1.807, 2.05) is 0 Å². The molecular weight excluding hydrogens is 417 g/mol. The SMILES string of the molecule is CC(C)(C)OC(=O)NC1CCN(Cc2c(Cl)cc(C(=O)O)cc2OC(F)(F)F)C1. The zero-order chi connectivity index (χ0) is 22.0. The molecule has 162 valence electrons. The zero-order valence-electron chi connectivity index (χ0n) is 16.1. The Bertz CT molecular complexity index is 780. The third-order valence-electron chi connectivity index (χ3n) is 4.00. The first-order chi connectivity index (χ1) is 13.2. The van der Waals surface area contributed by atoms with Crippen LogP contribution >= 0.6 is 11.6 Å². The lowest BCUT2D eigenvalue weighted by atomic mass is 10.1. The van der Waals surface area contributed by atoms with Crippen LogP contribution in [0.4, 0.5) is 18.0 Å². The van der Waals surface area contributed by atoms with E-state index < -0.39 is 35.3 Å². The number of carbonyl (C=O) groups is 2. The first-order valence-electron chi connectivity index (χ1n) is 8.77.